The number of hydrogen-bond acceptors (Lipinski definition) is 4. The SMILES string of the molecule is C/C(=N/N=C1\C(=O)N(Cc2ccccc2)c2ccccc21)c1ccccn1. The van der Waals surface area contributed by atoms with Crippen LogP contribution in [0.3, 0.4) is 0 Å². The number of fused-ring (bicyclic) bond motifs is 1. The predicted octanol–water partition coefficient (Wildman–Crippen LogP) is 3.84. The molecule has 0 saturated carbocycles. The van der Waals surface area contributed by atoms with Crippen LogP contribution in [0.15, 0.2) is 89.2 Å². The molecule has 0 saturated heterocycles. The maximum absolute atomic E-state index is 13.0. The summed E-state index contributed by atoms with van der Waals surface area (Å²) in [6, 6.07) is 23.2. The summed E-state index contributed by atoms with van der Waals surface area (Å²) in [5.41, 5.74) is 4.48. The van der Waals surface area contributed by atoms with Crippen LogP contribution in [0.25, 0.3) is 0 Å². The van der Waals surface area contributed by atoms with Crippen molar-refractivity contribution >= 4 is 23.0 Å². The third-order valence-corrected chi connectivity index (χ3v) is 4.42. The van der Waals surface area contributed by atoms with Gasteiger partial charge < -0.3 is 4.90 Å². The third-order valence-electron chi connectivity index (χ3n) is 4.42. The first-order valence-corrected chi connectivity index (χ1v) is 8.73. The number of pyridine rings is 1. The summed E-state index contributed by atoms with van der Waals surface area (Å²) in [7, 11) is 0. The zero-order chi connectivity index (χ0) is 18.6. The van der Waals surface area contributed by atoms with Gasteiger partial charge >= 0.3 is 0 Å². The lowest BCUT2D eigenvalue weighted by Crippen LogP contribution is -2.29. The van der Waals surface area contributed by atoms with E-state index >= 15 is 0 Å². The Morgan fingerprint density at radius 1 is 0.963 bits per heavy atom. The maximum atomic E-state index is 13.0. The normalized spacial score (nSPS) is 15.3. The van der Waals surface area contributed by atoms with Crippen LogP contribution >= 0.6 is 0 Å². The fourth-order valence-electron chi connectivity index (χ4n) is 3.03. The minimum absolute atomic E-state index is 0.141. The Kier molecular flexibility index (Phi) is 4.58. The molecule has 0 unspecified atom stereocenters. The van der Waals surface area contributed by atoms with Crippen LogP contribution in [-0.2, 0) is 11.3 Å². The summed E-state index contributed by atoms with van der Waals surface area (Å²) in [6.07, 6.45) is 1.71. The fourth-order valence-corrected chi connectivity index (χ4v) is 3.03. The smallest absolute Gasteiger partial charge is 0.279 e. The van der Waals surface area contributed by atoms with Crippen molar-refractivity contribution in [2.24, 2.45) is 10.2 Å². The summed E-state index contributed by atoms with van der Waals surface area (Å²) >= 11 is 0. The molecular weight excluding hydrogens is 336 g/mol. The van der Waals surface area contributed by atoms with Gasteiger partial charge in [0.1, 0.15) is 0 Å². The Morgan fingerprint density at radius 2 is 1.70 bits per heavy atom. The Bertz CT molecular complexity index is 1030. The monoisotopic (exact) mass is 354 g/mol. The van der Waals surface area contributed by atoms with Crippen LogP contribution in [-0.4, -0.2) is 22.3 Å². The first-order valence-electron chi connectivity index (χ1n) is 8.73. The molecule has 4 rings (SSSR count). The molecule has 0 spiro atoms. The summed E-state index contributed by atoms with van der Waals surface area (Å²) < 4.78 is 0. The van der Waals surface area contributed by atoms with Gasteiger partial charge in [-0.1, -0.05) is 54.6 Å². The van der Waals surface area contributed by atoms with E-state index in [-0.39, 0.29) is 5.91 Å². The molecule has 1 aromatic heterocycles. The maximum Gasteiger partial charge on any atom is 0.279 e. The molecule has 0 N–H and O–H groups in total. The van der Waals surface area contributed by atoms with Crippen molar-refractivity contribution in [2.45, 2.75) is 13.5 Å². The van der Waals surface area contributed by atoms with Crippen molar-refractivity contribution in [3.05, 3.63) is 95.8 Å². The first kappa shape index (κ1) is 16.8. The number of rotatable bonds is 4. The zero-order valence-electron chi connectivity index (χ0n) is 14.9. The quantitative estimate of drug-likeness (QED) is 0.528. The molecule has 0 atom stereocenters. The molecule has 3 aromatic rings. The topological polar surface area (TPSA) is 57.9 Å². The summed E-state index contributed by atoms with van der Waals surface area (Å²) in [4.78, 5) is 19.0. The molecule has 0 aliphatic carbocycles. The van der Waals surface area contributed by atoms with Gasteiger partial charge in [0.15, 0.2) is 5.71 Å². The van der Waals surface area contributed by atoms with E-state index in [0.717, 1.165) is 22.5 Å². The molecule has 2 heterocycles. The van der Waals surface area contributed by atoms with Gasteiger partial charge in [0.25, 0.3) is 5.91 Å². The molecule has 27 heavy (non-hydrogen) atoms. The fraction of sp³-hybridized carbons (Fsp3) is 0.0909. The highest BCUT2D eigenvalue weighted by atomic mass is 16.2. The van der Waals surface area contributed by atoms with E-state index in [9.17, 15) is 4.79 Å². The number of anilines is 1. The van der Waals surface area contributed by atoms with Crippen LogP contribution < -0.4 is 4.90 Å². The predicted molar refractivity (Wildman–Crippen MR) is 107 cm³/mol. The van der Waals surface area contributed by atoms with E-state index in [4.69, 9.17) is 0 Å². The molecule has 1 aliphatic rings. The Labute approximate surface area is 157 Å². The van der Waals surface area contributed by atoms with E-state index in [1.165, 1.54) is 0 Å². The van der Waals surface area contributed by atoms with Crippen molar-refractivity contribution in [3.63, 3.8) is 0 Å². The second-order valence-corrected chi connectivity index (χ2v) is 6.24. The lowest BCUT2D eigenvalue weighted by atomic mass is 10.1. The average Bonchev–Trinajstić information content (AvgIpc) is 2.99. The molecule has 5 nitrogen and oxygen atoms in total. The zero-order valence-corrected chi connectivity index (χ0v) is 14.9. The Morgan fingerprint density at radius 3 is 2.48 bits per heavy atom. The van der Waals surface area contributed by atoms with Gasteiger partial charge in [-0.15, -0.1) is 5.10 Å². The lowest BCUT2D eigenvalue weighted by Gasteiger charge is -2.16. The molecule has 5 heteroatoms. The van der Waals surface area contributed by atoms with Crippen molar-refractivity contribution < 1.29 is 4.79 Å². The summed E-state index contributed by atoms with van der Waals surface area (Å²) in [5.74, 6) is -0.141. The number of amides is 1. The van der Waals surface area contributed by atoms with Crippen LogP contribution in [0.1, 0.15) is 23.7 Å². The van der Waals surface area contributed by atoms with Crippen molar-refractivity contribution in [3.8, 4) is 0 Å². The number of carbonyl (C=O) groups is 1. The number of carbonyl (C=O) groups excluding carboxylic acids is 1. The number of benzene rings is 2. The lowest BCUT2D eigenvalue weighted by molar-refractivity contribution is -0.112. The van der Waals surface area contributed by atoms with Gasteiger partial charge in [-0.25, -0.2) is 0 Å². The largest absolute Gasteiger partial charge is 0.302 e. The molecule has 2 aromatic carbocycles. The van der Waals surface area contributed by atoms with E-state index in [2.05, 4.69) is 15.2 Å². The van der Waals surface area contributed by atoms with Gasteiger partial charge in [-0.2, -0.15) is 5.10 Å². The van der Waals surface area contributed by atoms with Crippen LogP contribution in [0.5, 0.6) is 0 Å². The van der Waals surface area contributed by atoms with Crippen molar-refractivity contribution in [1.29, 1.82) is 0 Å². The van der Waals surface area contributed by atoms with Gasteiger partial charge in [0, 0.05) is 11.8 Å². The standard InChI is InChI=1S/C22H18N4O/c1-16(19-12-7-8-14-23-19)24-25-21-18-11-5-6-13-20(18)26(22(21)27)15-17-9-3-2-4-10-17/h2-14H,15H2,1H3/b24-16-,25-21-. The highest BCUT2D eigenvalue weighted by Gasteiger charge is 2.33. The molecular formula is C22H18N4O. The van der Waals surface area contributed by atoms with Gasteiger partial charge in [-0.3, -0.25) is 9.78 Å². The first-order chi connectivity index (χ1) is 13.2. The second-order valence-electron chi connectivity index (χ2n) is 6.24. The number of para-hydroxylation sites is 1. The van der Waals surface area contributed by atoms with E-state index in [0.29, 0.717) is 18.0 Å². The molecule has 1 amide bonds. The highest BCUT2D eigenvalue weighted by Crippen LogP contribution is 2.30. The molecule has 0 bridgehead atoms. The minimum atomic E-state index is -0.141. The summed E-state index contributed by atoms with van der Waals surface area (Å²) in [6.45, 7) is 2.33. The number of hydrogen-bond donors (Lipinski definition) is 0. The molecule has 0 fully saturated rings. The minimum Gasteiger partial charge on any atom is -0.302 e. The average molecular weight is 354 g/mol. The van der Waals surface area contributed by atoms with Crippen molar-refractivity contribution in [2.75, 3.05) is 4.90 Å². The Balaban J connectivity index is 1.69. The van der Waals surface area contributed by atoms with E-state index < -0.39 is 0 Å². The summed E-state index contributed by atoms with van der Waals surface area (Å²) in [5, 5.41) is 8.55. The highest BCUT2D eigenvalue weighted by molar-refractivity contribution is 6.54. The van der Waals surface area contributed by atoms with Crippen LogP contribution in [0.2, 0.25) is 0 Å². The Hall–Kier alpha value is -3.60. The second kappa shape index (κ2) is 7.33. The number of aromatic nitrogens is 1. The molecule has 132 valence electrons. The van der Waals surface area contributed by atoms with E-state index in [1.807, 2.05) is 79.7 Å². The molecule has 1 aliphatic heterocycles. The van der Waals surface area contributed by atoms with Crippen LogP contribution in [0, 0.1) is 0 Å². The van der Waals surface area contributed by atoms with Crippen LogP contribution in [0.4, 0.5) is 5.69 Å². The number of nitrogens with zero attached hydrogens (tertiary/aromatic N) is 4. The van der Waals surface area contributed by atoms with Gasteiger partial charge in [0.05, 0.1) is 23.6 Å². The van der Waals surface area contributed by atoms with Gasteiger partial charge in [-0.05, 0) is 30.7 Å². The molecule has 0 radical (unpaired) electrons. The van der Waals surface area contributed by atoms with Gasteiger partial charge in [0.2, 0.25) is 0 Å². The van der Waals surface area contributed by atoms with Crippen molar-refractivity contribution in [1.82, 2.24) is 4.98 Å². The van der Waals surface area contributed by atoms with E-state index in [1.54, 1.807) is 11.1 Å². The third kappa shape index (κ3) is 3.40.